The second-order valence-electron chi connectivity index (χ2n) is 19.9. The van der Waals surface area contributed by atoms with E-state index in [4.69, 9.17) is 6.57 Å². The molecule has 0 saturated heterocycles. The number of alkyl halides is 3. The Bertz CT molecular complexity index is 4990. The Kier molecular flexibility index (Phi) is 9.63. The Balaban J connectivity index is 1.04. The zero-order valence-corrected chi connectivity index (χ0v) is 41.4. The van der Waals surface area contributed by atoms with Crippen LogP contribution in [0, 0.1) is 13.5 Å². The molecule has 0 aliphatic rings. The third kappa shape index (κ3) is 6.60. The van der Waals surface area contributed by atoms with Gasteiger partial charge in [0.2, 0.25) is 0 Å². The van der Waals surface area contributed by atoms with Crippen LogP contribution in [0.3, 0.4) is 0 Å². The van der Waals surface area contributed by atoms with Crippen molar-refractivity contribution in [2.24, 2.45) is 0 Å². The second-order valence-corrected chi connectivity index (χ2v) is 19.9. The van der Waals surface area contributed by atoms with Crippen LogP contribution in [-0.4, -0.2) is 18.3 Å². The van der Waals surface area contributed by atoms with Crippen molar-refractivity contribution in [3.8, 4) is 45.0 Å². The van der Waals surface area contributed by atoms with Gasteiger partial charge >= 0.3 is 6.18 Å². The van der Waals surface area contributed by atoms with E-state index in [9.17, 15) is 13.2 Å². The van der Waals surface area contributed by atoms with E-state index < -0.39 is 11.7 Å². The van der Waals surface area contributed by atoms with Crippen LogP contribution in [0.25, 0.3) is 137 Å². The van der Waals surface area contributed by atoms with Gasteiger partial charge in [0.1, 0.15) is 0 Å². The molecule has 0 atom stereocenters. The highest BCUT2D eigenvalue weighted by atomic mass is 19.4. The zero-order chi connectivity index (χ0) is 51.7. The predicted octanol–water partition coefficient (Wildman–Crippen LogP) is 19.3. The van der Waals surface area contributed by atoms with E-state index in [1.807, 2.05) is 48.5 Å². The van der Waals surface area contributed by atoms with Crippen molar-refractivity contribution in [2.75, 3.05) is 0 Å². The van der Waals surface area contributed by atoms with Gasteiger partial charge in [-0.25, -0.2) is 4.85 Å². The number of benzene rings is 11. The first kappa shape index (κ1) is 44.4. The first-order chi connectivity index (χ1) is 37.7. The lowest BCUT2D eigenvalue weighted by molar-refractivity contribution is -0.137. The minimum Gasteiger partial charge on any atom is -0.309 e. The van der Waals surface area contributed by atoms with Gasteiger partial charge in [-0.05, 0) is 132 Å². The van der Waals surface area contributed by atoms with Crippen LogP contribution in [0.4, 0.5) is 18.9 Å². The third-order valence-electron chi connectivity index (χ3n) is 15.6. The van der Waals surface area contributed by atoms with E-state index >= 15 is 0 Å². The maximum atomic E-state index is 14.6. The number of halogens is 3. The summed E-state index contributed by atoms with van der Waals surface area (Å²) >= 11 is 0. The summed E-state index contributed by atoms with van der Waals surface area (Å²) in [6, 6.07) is 79.8. The van der Waals surface area contributed by atoms with E-state index in [2.05, 4.69) is 193 Å². The fraction of sp³-hybridized carbons (Fsp3) is 0.0290. The molecule has 364 valence electrons. The first-order valence-corrected chi connectivity index (χ1v) is 25.6. The summed E-state index contributed by atoms with van der Waals surface area (Å²) in [6.45, 7) is 10.5. The summed E-state index contributed by atoms with van der Waals surface area (Å²) in [5.41, 5.74) is 14.5. The Morgan fingerprint density at radius 1 is 0.364 bits per heavy atom. The molecule has 0 spiro atoms. The Morgan fingerprint density at radius 2 is 0.857 bits per heavy atom. The topological polar surface area (TPSA) is 24.1 Å². The van der Waals surface area contributed by atoms with Gasteiger partial charge in [0.05, 0.1) is 62.0 Å². The molecule has 0 radical (unpaired) electrons. The molecule has 0 aliphatic carbocycles. The molecular weight excluding hydrogens is 956 g/mol. The van der Waals surface area contributed by atoms with Crippen molar-refractivity contribution in [3.63, 3.8) is 0 Å². The summed E-state index contributed by atoms with van der Waals surface area (Å²) in [4.78, 5) is 4.20. The second kappa shape index (κ2) is 16.7. The number of hydrogen-bond acceptors (Lipinski definition) is 0. The minimum atomic E-state index is -4.55. The maximum absolute atomic E-state index is 14.6. The molecule has 0 aliphatic heterocycles. The molecule has 15 rings (SSSR count). The maximum Gasteiger partial charge on any atom is 0.416 e. The Hall–Kier alpha value is -10.1. The van der Waals surface area contributed by atoms with E-state index in [0.717, 1.165) is 110 Å². The molecule has 0 fully saturated rings. The lowest BCUT2D eigenvalue weighted by atomic mass is 9.94. The average Bonchev–Trinajstić information content (AvgIpc) is 4.22. The fourth-order valence-electron chi connectivity index (χ4n) is 12.5. The van der Waals surface area contributed by atoms with Gasteiger partial charge in [-0.2, -0.15) is 13.2 Å². The molecule has 0 saturated carbocycles. The molecule has 0 bridgehead atoms. The van der Waals surface area contributed by atoms with Crippen LogP contribution in [0.2, 0.25) is 0 Å². The molecular formula is C69H42F3N5. The summed E-state index contributed by atoms with van der Waals surface area (Å²) in [6.07, 6.45) is -4.55. The van der Waals surface area contributed by atoms with Crippen molar-refractivity contribution in [1.29, 1.82) is 0 Å². The van der Waals surface area contributed by atoms with Crippen LogP contribution >= 0.6 is 0 Å². The Labute approximate surface area is 439 Å². The van der Waals surface area contributed by atoms with E-state index in [-0.39, 0.29) is 0 Å². The van der Waals surface area contributed by atoms with Crippen molar-refractivity contribution >= 4 is 92.9 Å². The van der Waals surface area contributed by atoms with Gasteiger partial charge in [-0.3, -0.25) is 0 Å². The van der Waals surface area contributed by atoms with Gasteiger partial charge in [0.25, 0.3) is 0 Å². The van der Waals surface area contributed by atoms with Crippen molar-refractivity contribution in [3.05, 3.63) is 259 Å². The molecule has 4 heterocycles. The Morgan fingerprint density at radius 3 is 1.40 bits per heavy atom. The molecule has 77 heavy (non-hydrogen) atoms. The van der Waals surface area contributed by atoms with Crippen LogP contribution in [0.5, 0.6) is 0 Å². The van der Waals surface area contributed by atoms with Gasteiger partial charge in [0.15, 0.2) is 5.69 Å². The van der Waals surface area contributed by atoms with Gasteiger partial charge in [-0.15, -0.1) is 0 Å². The van der Waals surface area contributed by atoms with Crippen LogP contribution in [-0.2, 0) is 6.18 Å². The molecule has 5 nitrogen and oxygen atoms in total. The standard InChI is InChI=1S/C69H42F3N5/c1-42-37-44(39-45(38-42)69(70,71)72)43-29-34-62(77-61-28-16-12-24-54(61)66-64(77)36-32-52-50-22-10-14-26-59(50)76(68(52)66)47-19-7-4-8-20-47)56(40-43)55-41-48(30-33-57(55)73-2)74-60-27-15-11-23-53(60)65-63(74)35-31-51-49-21-9-13-25-58(49)75(67(51)65)46-17-5-3-6-18-46/h3-41H,1H3. The predicted molar refractivity (Wildman–Crippen MR) is 311 cm³/mol. The van der Waals surface area contributed by atoms with Gasteiger partial charge in [0, 0.05) is 60.2 Å². The highest BCUT2D eigenvalue weighted by Crippen LogP contribution is 2.48. The monoisotopic (exact) mass is 997 g/mol. The van der Waals surface area contributed by atoms with Crippen LogP contribution < -0.4 is 0 Å². The third-order valence-corrected chi connectivity index (χ3v) is 15.6. The van der Waals surface area contributed by atoms with Gasteiger partial charge < -0.3 is 18.3 Å². The smallest absolute Gasteiger partial charge is 0.309 e. The highest BCUT2D eigenvalue weighted by molar-refractivity contribution is 6.28. The van der Waals surface area contributed by atoms with E-state index in [1.165, 1.54) is 12.1 Å². The summed E-state index contributed by atoms with van der Waals surface area (Å²) < 4.78 is 53.0. The first-order valence-electron chi connectivity index (χ1n) is 25.6. The highest BCUT2D eigenvalue weighted by Gasteiger charge is 2.32. The summed E-state index contributed by atoms with van der Waals surface area (Å²) in [5, 5.41) is 8.83. The number of hydrogen-bond donors (Lipinski definition) is 0. The number of fused-ring (bicyclic) bond motifs is 14. The lowest BCUT2D eigenvalue weighted by Crippen LogP contribution is -2.05. The molecule has 4 aromatic heterocycles. The number of para-hydroxylation sites is 6. The number of aromatic nitrogens is 4. The van der Waals surface area contributed by atoms with Crippen molar-refractivity contribution < 1.29 is 13.2 Å². The lowest BCUT2D eigenvalue weighted by Gasteiger charge is -2.19. The minimum absolute atomic E-state index is 0.409. The molecule has 0 N–H and O–H groups in total. The van der Waals surface area contributed by atoms with Crippen molar-refractivity contribution in [2.45, 2.75) is 13.1 Å². The zero-order valence-electron chi connectivity index (χ0n) is 41.4. The largest absolute Gasteiger partial charge is 0.416 e. The van der Waals surface area contributed by atoms with Crippen LogP contribution in [0.1, 0.15) is 11.1 Å². The average molecular weight is 998 g/mol. The molecule has 15 aromatic rings. The number of aryl methyl sites for hydroxylation is 1. The van der Waals surface area contributed by atoms with Gasteiger partial charge in [-0.1, -0.05) is 140 Å². The molecule has 0 amide bonds. The molecule has 8 heteroatoms. The normalized spacial score (nSPS) is 12.1. The van der Waals surface area contributed by atoms with Crippen molar-refractivity contribution in [1.82, 2.24) is 18.3 Å². The fourth-order valence-corrected chi connectivity index (χ4v) is 12.5. The molecule has 0 unspecified atom stereocenters. The van der Waals surface area contributed by atoms with E-state index in [1.54, 1.807) is 13.0 Å². The van der Waals surface area contributed by atoms with Crippen LogP contribution in [0.15, 0.2) is 237 Å². The summed E-state index contributed by atoms with van der Waals surface area (Å²) in [7, 11) is 0. The summed E-state index contributed by atoms with van der Waals surface area (Å²) in [5.74, 6) is 0. The SMILES string of the molecule is [C-]#[N+]c1ccc(-n2c3ccccc3c3c2ccc2c4ccccc4n(-c4ccccc4)c23)cc1-c1cc(-c2cc(C)cc(C(F)(F)F)c2)ccc1-n1c2ccccc2c2c1ccc1c3ccccc3n(-c3ccccc3)c12. The number of nitrogens with zero attached hydrogens (tertiary/aromatic N) is 5. The molecule has 11 aromatic carbocycles. The van der Waals surface area contributed by atoms with E-state index in [0.29, 0.717) is 33.5 Å². The quantitative estimate of drug-likeness (QED) is 0.148. The number of rotatable bonds is 6.